The Labute approximate surface area is 93.2 Å². The molecule has 0 spiro atoms. The predicted octanol–water partition coefficient (Wildman–Crippen LogP) is 1.57. The first-order valence-electron chi connectivity index (χ1n) is 4.86. The zero-order valence-corrected chi connectivity index (χ0v) is 8.92. The van der Waals surface area contributed by atoms with Crippen LogP contribution < -0.4 is 0 Å². The summed E-state index contributed by atoms with van der Waals surface area (Å²) in [4.78, 5) is 4.20. The number of nitrogens with zero attached hydrogens (tertiary/aromatic N) is 3. The van der Waals surface area contributed by atoms with Gasteiger partial charge in [0.2, 0.25) is 5.90 Å². The zero-order valence-electron chi connectivity index (χ0n) is 8.92. The van der Waals surface area contributed by atoms with Crippen LogP contribution in [0, 0.1) is 5.41 Å². The molecule has 0 saturated heterocycles. The summed E-state index contributed by atoms with van der Waals surface area (Å²) in [6.07, 6.45) is 3.53. The van der Waals surface area contributed by atoms with E-state index in [0.717, 1.165) is 11.4 Å². The second kappa shape index (κ2) is 4.57. The first kappa shape index (κ1) is 10.4. The molecule has 0 saturated carbocycles. The molecule has 16 heavy (non-hydrogen) atoms. The summed E-state index contributed by atoms with van der Waals surface area (Å²) < 4.78 is 6.42. The van der Waals surface area contributed by atoms with Gasteiger partial charge in [-0.2, -0.15) is 5.10 Å². The number of methoxy groups -OCH3 is 1. The zero-order chi connectivity index (χ0) is 11.4. The molecule has 2 heterocycles. The Morgan fingerprint density at radius 2 is 2.25 bits per heavy atom. The van der Waals surface area contributed by atoms with Crippen molar-refractivity contribution in [1.29, 1.82) is 5.41 Å². The molecule has 0 radical (unpaired) electrons. The molecule has 2 aromatic rings. The van der Waals surface area contributed by atoms with E-state index in [-0.39, 0.29) is 5.90 Å². The molecule has 0 aromatic carbocycles. The van der Waals surface area contributed by atoms with Gasteiger partial charge in [0.1, 0.15) is 12.2 Å². The average molecular weight is 216 g/mol. The Bertz CT molecular complexity index is 478. The minimum Gasteiger partial charge on any atom is -0.483 e. The molecular weight excluding hydrogens is 204 g/mol. The maximum Gasteiger partial charge on any atom is 0.202 e. The van der Waals surface area contributed by atoms with Crippen LogP contribution in [0.25, 0.3) is 11.4 Å². The summed E-state index contributed by atoms with van der Waals surface area (Å²) in [5.74, 6) is 0.177. The van der Waals surface area contributed by atoms with Gasteiger partial charge in [0.15, 0.2) is 0 Å². The first-order valence-corrected chi connectivity index (χ1v) is 4.86. The van der Waals surface area contributed by atoms with Crippen molar-refractivity contribution in [3.05, 3.63) is 36.7 Å². The van der Waals surface area contributed by atoms with Crippen LogP contribution in [0.15, 0.2) is 36.7 Å². The highest BCUT2D eigenvalue weighted by molar-refractivity contribution is 5.72. The number of hydrogen-bond acceptors (Lipinski definition) is 4. The maximum absolute atomic E-state index is 7.39. The number of ether oxygens (including phenoxy) is 1. The summed E-state index contributed by atoms with van der Waals surface area (Å²) in [6, 6.07) is 7.54. The lowest BCUT2D eigenvalue weighted by Crippen LogP contribution is -2.11. The Hall–Kier alpha value is -2.17. The van der Waals surface area contributed by atoms with Gasteiger partial charge in [-0.25, -0.2) is 0 Å². The number of pyridine rings is 1. The van der Waals surface area contributed by atoms with Gasteiger partial charge in [-0.3, -0.25) is 15.1 Å². The van der Waals surface area contributed by atoms with Crippen LogP contribution in [0.1, 0.15) is 0 Å². The molecule has 82 valence electrons. The SMILES string of the molecule is COC(=N)Cn1ccc(-c2ccccn2)n1. The smallest absolute Gasteiger partial charge is 0.202 e. The molecule has 5 nitrogen and oxygen atoms in total. The minimum atomic E-state index is 0.177. The monoisotopic (exact) mass is 216 g/mol. The third-order valence-corrected chi connectivity index (χ3v) is 2.12. The first-order chi connectivity index (χ1) is 7.79. The van der Waals surface area contributed by atoms with Crippen LogP contribution in [0.2, 0.25) is 0 Å². The van der Waals surface area contributed by atoms with E-state index in [0.29, 0.717) is 6.54 Å². The van der Waals surface area contributed by atoms with Crippen LogP contribution in [0.3, 0.4) is 0 Å². The second-order valence-electron chi connectivity index (χ2n) is 3.24. The van der Waals surface area contributed by atoms with Gasteiger partial charge in [0.25, 0.3) is 0 Å². The number of rotatable bonds is 3. The minimum absolute atomic E-state index is 0.177. The Balaban J connectivity index is 2.17. The summed E-state index contributed by atoms with van der Waals surface area (Å²) >= 11 is 0. The van der Waals surface area contributed by atoms with Crippen molar-refractivity contribution >= 4 is 5.90 Å². The number of aromatic nitrogens is 3. The fourth-order valence-electron chi connectivity index (χ4n) is 1.31. The van der Waals surface area contributed by atoms with Gasteiger partial charge in [0, 0.05) is 12.4 Å². The maximum atomic E-state index is 7.39. The summed E-state index contributed by atoms with van der Waals surface area (Å²) in [7, 11) is 1.48. The average Bonchev–Trinajstić information content (AvgIpc) is 2.78. The van der Waals surface area contributed by atoms with Crippen molar-refractivity contribution in [1.82, 2.24) is 14.8 Å². The van der Waals surface area contributed by atoms with Crippen molar-refractivity contribution < 1.29 is 4.74 Å². The number of hydrogen-bond donors (Lipinski definition) is 1. The molecule has 1 N–H and O–H groups in total. The molecular formula is C11H12N4O. The van der Waals surface area contributed by atoms with Crippen LogP contribution in [0.5, 0.6) is 0 Å². The van der Waals surface area contributed by atoms with Crippen molar-refractivity contribution in [2.75, 3.05) is 7.11 Å². The van der Waals surface area contributed by atoms with Gasteiger partial charge >= 0.3 is 0 Å². The van der Waals surface area contributed by atoms with Gasteiger partial charge in [-0.1, -0.05) is 6.07 Å². The van der Waals surface area contributed by atoms with Gasteiger partial charge in [-0.05, 0) is 18.2 Å². The third-order valence-electron chi connectivity index (χ3n) is 2.12. The molecule has 0 amide bonds. The van der Waals surface area contributed by atoms with Gasteiger partial charge in [-0.15, -0.1) is 0 Å². The van der Waals surface area contributed by atoms with Crippen molar-refractivity contribution in [3.63, 3.8) is 0 Å². The molecule has 0 unspecified atom stereocenters. The topological polar surface area (TPSA) is 63.8 Å². The molecule has 2 aromatic heterocycles. The lowest BCUT2D eigenvalue weighted by molar-refractivity contribution is 0.377. The normalized spacial score (nSPS) is 10.1. The largest absolute Gasteiger partial charge is 0.483 e. The van der Waals surface area contributed by atoms with Gasteiger partial charge < -0.3 is 4.74 Å². The highest BCUT2D eigenvalue weighted by Crippen LogP contribution is 2.12. The lowest BCUT2D eigenvalue weighted by Gasteiger charge is -2.01. The summed E-state index contributed by atoms with van der Waals surface area (Å²) in [5, 5.41) is 11.7. The fourth-order valence-corrected chi connectivity index (χ4v) is 1.31. The molecule has 2 rings (SSSR count). The third kappa shape index (κ3) is 2.25. The molecule has 5 heteroatoms. The molecule has 0 bridgehead atoms. The number of nitrogens with one attached hydrogen (secondary N) is 1. The molecule has 0 aliphatic heterocycles. The summed E-state index contributed by atoms with van der Waals surface area (Å²) in [6.45, 7) is 0.337. The van der Waals surface area contributed by atoms with E-state index in [2.05, 4.69) is 10.1 Å². The van der Waals surface area contributed by atoms with E-state index in [4.69, 9.17) is 10.1 Å². The predicted molar refractivity (Wildman–Crippen MR) is 60.2 cm³/mol. The molecule has 0 fully saturated rings. The second-order valence-corrected chi connectivity index (χ2v) is 3.24. The molecule has 0 aliphatic carbocycles. The summed E-state index contributed by atoms with van der Waals surface area (Å²) in [5.41, 5.74) is 1.62. The quantitative estimate of drug-likeness (QED) is 0.625. The lowest BCUT2D eigenvalue weighted by atomic mass is 10.3. The Morgan fingerprint density at radius 1 is 1.38 bits per heavy atom. The fraction of sp³-hybridized carbons (Fsp3) is 0.182. The van der Waals surface area contributed by atoms with E-state index < -0.39 is 0 Å². The highest BCUT2D eigenvalue weighted by atomic mass is 16.5. The van der Waals surface area contributed by atoms with E-state index in [1.54, 1.807) is 17.1 Å². The van der Waals surface area contributed by atoms with Crippen LogP contribution >= 0.6 is 0 Å². The van der Waals surface area contributed by atoms with Crippen LogP contribution in [-0.2, 0) is 11.3 Å². The van der Waals surface area contributed by atoms with Crippen molar-refractivity contribution in [3.8, 4) is 11.4 Å². The van der Waals surface area contributed by atoms with Gasteiger partial charge in [0.05, 0.1) is 12.8 Å². The van der Waals surface area contributed by atoms with E-state index >= 15 is 0 Å². The van der Waals surface area contributed by atoms with Crippen LogP contribution in [-0.4, -0.2) is 27.8 Å². The van der Waals surface area contributed by atoms with E-state index in [1.807, 2.05) is 24.3 Å². The standard InChI is InChI=1S/C11H12N4O/c1-16-11(12)8-15-7-5-10(14-15)9-4-2-3-6-13-9/h2-7,12H,8H2,1H3. The molecule has 0 aliphatic rings. The van der Waals surface area contributed by atoms with E-state index in [1.165, 1.54) is 7.11 Å². The Kier molecular flexibility index (Phi) is 2.95. The highest BCUT2D eigenvalue weighted by Gasteiger charge is 2.04. The molecule has 0 atom stereocenters. The van der Waals surface area contributed by atoms with Crippen molar-refractivity contribution in [2.45, 2.75) is 6.54 Å². The van der Waals surface area contributed by atoms with E-state index in [9.17, 15) is 0 Å². The van der Waals surface area contributed by atoms with Crippen molar-refractivity contribution in [2.24, 2.45) is 0 Å². The van der Waals surface area contributed by atoms with Crippen LogP contribution in [0.4, 0.5) is 0 Å². The Morgan fingerprint density at radius 3 is 2.94 bits per heavy atom.